The summed E-state index contributed by atoms with van der Waals surface area (Å²) in [6.45, 7) is 6.25. The van der Waals surface area contributed by atoms with Crippen LogP contribution in [0.4, 0.5) is 0 Å². The molecule has 6 atom stereocenters. The Morgan fingerprint density at radius 2 is 1.97 bits per heavy atom. The van der Waals surface area contributed by atoms with Crippen LogP contribution >= 0.6 is 0 Å². The van der Waals surface area contributed by atoms with E-state index in [1.807, 2.05) is 18.5 Å². The Hall–Kier alpha value is -2.27. The van der Waals surface area contributed by atoms with Crippen LogP contribution in [0.2, 0.25) is 0 Å². The molecule has 5 heteroatoms. The predicted octanol–water partition coefficient (Wildman–Crippen LogP) is 3.17. The van der Waals surface area contributed by atoms with Crippen molar-refractivity contribution in [3.63, 3.8) is 0 Å². The number of aromatic nitrogens is 1. The minimum absolute atomic E-state index is 0.206. The summed E-state index contributed by atoms with van der Waals surface area (Å²) in [4.78, 5) is 24.3. The topological polar surface area (TPSA) is 57.6 Å². The third kappa shape index (κ3) is 3.07. The molecule has 2 aromatic rings. The fourth-order valence-corrected chi connectivity index (χ4v) is 5.98. The second kappa shape index (κ2) is 6.63. The van der Waals surface area contributed by atoms with Crippen LogP contribution in [0.3, 0.4) is 0 Å². The molecular weight excluding hydrogens is 360 g/mol. The minimum atomic E-state index is 0.206. The Balaban J connectivity index is 1.25. The number of likely N-dealkylation sites (tertiary alicyclic amines) is 1. The van der Waals surface area contributed by atoms with Crippen molar-refractivity contribution in [2.24, 2.45) is 28.7 Å². The number of hydrogen-bond acceptors (Lipinski definition) is 4. The second-order valence-corrected chi connectivity index (χ2v) is 9.58. The molecule has 4 heterocycles. The molecule has 1 saturated carbocycles. The molecule has 1 amide bonds. The van der Waals surface area contributed by atoms with Crippen LogP contribution in [0.25, 0.3) is 10.9 Å². The maximum absolute atomic E-state index is 13.1. The van der Waals surface area contributed by atoms with Gasteiger partial charge in [0.15, 0.2) is 0 Å². The van der Waals surface area contributed by atoms with Crippen molar-refractivity contribution in [2.45, 2.75) is 31.7 Å². The fraction of sp³-hybridized carbons (Fsp3) is 0.542. The summed E-state index contributed by atoms with van der Waals surface area (Å²) in [6, 6.07) is 8.89. The lowest BCUT2D eigenvalue weighted by Crippen LogP contribution is -2.43. The zero-order valence-electron chi connectivity index (χ0n) is 16.9. The van der Waals surface area contributed by atoms with E-state index < -0.39 is 0 Å². The molecule has 150 valence electrons. The van der Waals surface area contributed by atoms with Crippen LogP contribution in [-0.4, -0.2) is 48.2 Å². The van der Waals surface area contributed by atoms with Gasteiger partial charge >= 0.3 is 0 Å². The van der Waals surface area contributed by atoms with Crippen molar-refractivity contribution in [3.8, 4) is 0 Å². The number of benzene rings is 1. The average Bonchev–Trinajstić information content (AvgIpc) is 3.64. The van der Waals surface area contributed by atoms with Crippen molar-refractivity contribution >= 4 is 23.0 Å². The molecule has 0 radical (unpaired) electrons. The van der Waals surface area contributed by atoms with E-state index in [2.05, 4.69) is 45.3 Å². The van der Waals surface area contributed by atoms with Gasteiger partial charge in [0.2, 0.25) is 5.91 Å². The van der Waals surface area contributed by atoms with Gasteiger partial charge in [-0.1, -0.05) is 25.1 Å². The van der Waals surface area contributed by atoms with Crippen LogP contribution in [0.5, 0.6) is 0 Å². The first kappa shape index (κ1) is 17.6. The predicted molar refractivity (Wildman–Crippen MR) is 114 cm³/mol. The monoisotopic (exact) mass is 388 g/mol. The molecule has 5 nitrogen and oxygen atoms in total. The van der Waals surface area contributed by atoms with E-state index >= 15 is 0 Å². The SMILES string of the molecule is C[C@@H]1C[C@@H](c2ccc(C3C=N3)c3ncccc23)CN(C(=O)C[C@H]2[C@@H]3CNC[C@@H]32)C1. The first-order chi connectivity index (χ1) is 14.2. The van der Waals surface area contributed by atoms with Crippen LogP contribution in [0.1, 0.15) is 42.9 Å². The number of carbonyl (C=O) groups excluding carboxylic acids is 1. The maximum atomic E-state index is 13.1. The number of nitrogens with zero attached hydrogens (tertiary/aromatic N) is 3. The summed E-state index contributed by atoms with van der Waals surface area (Å²) in [5, 5.41) is 4.67. The van der Waals surface area contributed by atoms with Crippen molar-refractivity contribution in [1.82, 2.24) is 15.2 Å². The standard InChI is InChI=1S/C24H28N4O/c1-14-7-15(13-28(12-14)23(29)8-19-20-9-25-10-21(19)20)16-4-5-18(22-11-27-22)24-17(16)3-2-6-26-24/h2-6,11,14-15,19-22,25H,7-10,12-13H2,1H3/t14-,15-,19-,20-,21+,22?/m1/s1. The first-order valence-electron chi connectivity index (χ1n) is 11.1. The van der Waals surface area contributed by atoms with Gasteiger partial charge in [0.05, 0.1) is 5.52 Å². The van der Waals surface area contributed by atoms with E-state index in [0.29, 0.717) is 23.7 Å². The number of rotatable bonds is 4. The lowest BCUT2D eigenvalue weighted by Gasteiger charge is -2.37. The van der Waals surface area contributed by atoms with Crippen LogP contribution in [-0.2, 0) is 4.79 Å². The molecule has 0 bridgehead atoms. The number of aliphatic imine (C=N–C) groups is 1. The van der Waals surface area contributed by atoms with Crippen molar-refractivity contribution in [2.75, 3.05) is 26.2 Å². The highest BCUT2D eigenvalue weighted by molar-refractivity contribution is 5.92. The van der Waals surface area contributed by atoms with Gasteiger partial charge in [-0.2, -0.15) is 0 Å². The molecule has 2 saturated heterocycles. The van der Waals surface area contributed by atoms with Gasteiger partial charge in [-0.05, 0) is 54.8 Å². The number of fused-ring (bicyclic) bond motifs is 2. The highest BCUT2D eigenvalue weighted by atomic mass is 16.2. The molecule has 0 spiro atoms. The summed E-state index contributed by atoms with van der Waals surface area (Å²) >= 11 is 0. The van der Waals surface area contributed by atoms with Gasteiger partial charge in [0.25, 0.3) is 0 Å². The number of nitrogens with one attached hydrogen (secondary N) is 1. The van der Waals surface area contributed by atoms with Gasteiger partial charge in [0, 0.05) is 48.8 Å². The largest absolute Gasteiger partial charge is 0.342 e. The summed E-state index contributed by atoms with van der Waals surface area (Å²) in [5.74, 6) is 3.40. The second-order valence-electron chi connectivity index (χ2n) is 9.58. The summed E-state index contributed by atoms with van der Waals surface area (Å²) in [7, 11) is 0. The molecule has 3 fully saturated rings. The van der Waals surface area contributed by atoms with Crippen molar-refractivity contribution in [3.05, 3.63) is 41.6 Å². The molecule has 29 heavy (non-hydrogen) atoms. The average molecular weight is 389 g/mol. The third-order valence-corrected chi connectivity index (χ3v) is 7.58. The van der Waals surface area contributed by atoms with Gasteiger partial charge < -0.3 is 10.2 Å². The van der Waals surface area contributed by atoms with E-state index in [4.69, 9.17) is 0 Å². The van der Waals surface area contributed by atoms with Crippen molar-refractivity contribution in [1.29, 1.82) is 0 Å². The smallest absolute Gasteiger partial charge is 0.222 e. The summed E-state index contributed by atoms with van der Waals surface area (Å²) in [6.07, 6.45) is 5.73. The molecule has 1 aromatic carbocycles. The fourth-order valence-electron chi connectivity index (χ4n) is 5.98. The molecule has 1 aliphatic carbocycles. The molecule has 1 unspecified atom stereocenters. The Bertz CT molecular complexity index is 986. The maximum Gasteiger partial charge on any atom is 0.222 e. The molecular formula is C24H28N4O. The van der Waals surface area contributed by atoms with Gasteiger partial charge in [0.1, 0.15) is 6.04 Å². The number of carbonyl (C=O) groups is 1. The number of piperidine rings is 2. The van der Waals surface area contributed by atoms with Gasteiger partial charge in [-0.15, -0.1) is 0 Å². The van der Waals surface area contributed by atoms with Crippen molar-refractivity contribution < 1.29 is 4.79 Å². The summed E-state index contributed by atoms with van der Waals surface area (Å²) in [5.41, 5.74) is 3.62. The highest BCUT2D eigenvalue weighted by Crippen LogP contribution is 2.51. The van der Waals surface area contributed by atoms with Gasteiger partial charge in [-0.3, -0.25) is 14.8 Å². The van der Waals surface area contributed by atoms with E-state index in [1.165, 1.54) is 16.5 Å². The highest BCUT2D eigenvalue weighted by Gasteiger charge is 2.53. The molecule has 3 aliphatic heterocycles. The van der Waals surface area contributed by atoms with E-state index in [-0.39, 0.29) is 6.04 Å². The lowest BCUT2D eigenvalue weighted by atomic mass is 9.83. The Morgan fingerprint density at radius 1 is 1.17 bits per heavy atom. The Labute approximate surface area is 171 Å². The number of amides is 1. The van der Waals surface area contributed by atoms with Crippen LogP contribution in [0, 0.1) is 23.7 Å². The van der Waals surface area contributed by atoms with E-state index in [0.717, 1.165) is 56.4 Å². The zero-order chi connectivity index (χ0) is 19.5. The lowest BCUT2D eigenvalue weighted by molar-refractivity contribution is -0.133. The van der Waals surface area contributed by atoms with E-state index in [9.17, 15) is 4.79 Å². The van der Waals surface area contributed by atoms with Gasteiger partial charge in [-0.25, -0.2) is 0 Å². The third-order valence-electron chi connectivity index (χ3n) is 7.58. The minimum Gasteiger partial charge on any atom is -0.342 e. The quantitative estimate of drug-likeness (QED) is 0.875. The number of pyridine rings is 1. The molecule has 1 aromatic heterocycles. The Kier molecular flexibility index (Phi) is 4.02. The number of hydrogen-bond donors (Lipinski definition) is 1. The van der Waals surface area contributed by atoms with Crippen LogP contribution in [0.15, 0.2) is 35.5 Å². The molecule has 4 aliphatic rings. The normalized spacial score (nSPS) is 35.0. The summed E-state index contributed by atoms with van der Waals surface area (Å²) < 4.78 is 0. The zero-order valence-corrected chi connectivity index (χ0v) is 16.9. The first-order valence-corrected chi connectivity index (χ1v) is 11.1. The Morgan fingerprint density at radius 3 is 2.76 bits per heavy atom. The van der Waals surface area contributed by atoms with Crippen LogP contribution < -0.4 is 5.32 Å². The van der Waals surface area contributed by atoms with E-state index in [1.54, 1.807) is 0 Å². The molecule has 6 rings (SSSR count). The molecule has 1 N–H and O–H groups in total.